The summed E-state index contributed by atoms with van der Waals surface area (Å²) in [5, 5.41) is 6.48. The average Bonchev–Trinajstić information content (AvgIpc) is 2.59. The van der Waals surface area contributed by atoms with Crippen LogP contribution in [0.4, 0.5) is 11.4 Å². The molecule has 0 aliphatic heterocycles. The first-order valence-corrected chi connectivity index (χ1v) is 8.29. The summed E-state index contributed by atoms with van der Waals surface area (Å²) in [6.07, 6.45) is 0. The molecule has 6 nitrogen and oxygen atoms in total. The van der Waals surface area contributed by atoms with E-state index in [4.69, 9.17) is 26.4 Å². The van der Waals surface area contributed by atoms with Gasteiger partial charge >= 0.3 is 5.97 Å². The fourth-order valence-corrected chi connectivity index (χ4v) is 2.82. The van der Waals surface area contributed by atoms with Crippen molar-refractivity contribution < 1.29 is 19.0 Å². The lowest BCUT2D eigenvalue weighted by Crippen LogP contribution is -2.21. The molecule has 0 saturated carbocycles. The Morgan fingerprint density at radius 3 is 2.00 bits per heavy atom. The van der Waals surface area contributed by atoms with Gasteiger partial charge in [-0.25, -0.2) is 4.79 Å². The number of carbonyl (C=O) groups excluding carboxylic acids is 1. The number of thiocarbonyl (C=S) groups is 1. The highest BCUT2D eigenvalue weighted by Crippen LogP contribution is 2.33. The van der Waals surface area contributed by atoms with Gasteiger partial charge in [0.15, 0.2) is 16.6 Å². The van der Waals surface area contributed by atoms with E-state index in [1.54, 1.807) is 12.1 Å². The van der Waals surface area contributed by atoms with Crippen LogP contribution >= 0.6 is 12.2 Å². The van der Waals surface area contributed by atoms with E-state index in [0.717, 1.165) is 16.8 Å². The van der Waals surface area contributed by atoms with Crippen molar-refractivity contribution in [3.63, 3.8) is 0 Å². The van der Waals surface area contributed by atoms with Crippen molar-refractivity contribution in [2.75, 3.05) is 32.0 Å². The van der Waals surface area contributed by atoms with Crippen LogP contribution in [0.25, 0.3) is 0 Å². The molecule has 2 aromatic rings. The normalized spacial score (nSPS) is 10.0. The molecule has 0 aliphatic carbocycles. The number of rotatable bonds is 5. The molecule has 0 aliphatic rings. The molecule has 26 heavy (non-hydrogen) atoms. The zero-order valence-electron chi connectivity index (χ0n) is 15.4. The molecule has 7 heteroatoms. The Morgan fingerprint density at radius 1 is 0.885 bits per heavy atom. The molecule has 0 saturated heterocycles. The SMILES string of the molecule is COC(=O)c1cc(OC)c(OC)cc1NC(=S)Nc1cc(C)cc(C)c1. The van der Waals surface area contributed by atoms with Gasteiger partial charge in [-0.3, -0.25) is 0 Å². The molecule has 2 rings (SSSR count). The van der Waals surface area contributed by atoms with Crippen LogP contribution in [0.3, 0.4) is 0 Å². The van der Waals surface area contributed by atoms with Gasteiger partial charge in [0.05, 0.1) is 32.6 Å². The standard InChI is InChI=1S/C19H22N2O4S/c1-11-6-12(2)8-13(7-11)20-19(26)21-15-10-17(24-4)16(23-3)9-14(15)18(22)25-5/h6-10H,1-5H3,(H2,20,21,26). The third-order valence-electron chi connectivity index (χ3n) is 3.66. The van der Waals surface area contributed by atoms with Gasteiger partial charge in [-0.05, 0) is 49.3 Å². The molecule has 2 aromatic carbocycles. The van der Waals surface area contributed by atoms with E-state index in [9.17, 15) is 4.79 Å². The molecule has 0 unspecified atom stereocenters. The lowest BCUT2D eigenvalue weighted by molar-refractivity contribution is 0.0601. The number of aryl methyl sites for hydroxylation is 2. The molecule has 0 atom stereocenters. The van der Waals surface area contributed by atoms with Gasteiger partial charge in [-0.2, -0.15) is 0 Å². The number of anilines is 2. The van der Waals surface area contributed by atoms with Crippen LogP contribution in [-0.2, 0) is 4.74 Å². The highest BCUT2D eigenvalue weighted by molar-refractivity contribution is 7.80. The summed E-state index contributed by atoms with van der Waals surface area (Å²) in [7, 11) is 4.33. The third kappa shape index (κ3) is 4.64. The third-order valence-corrected chi connectivity index (χ3v) is 3.86. The molecule has 0 aromatic heterocycles. The molecule has 2 N–H and O–H groups in total. The topological polar surface area (TPSA) is 68.8 Å². The minimum absolute atomic E-state index is 0.287. The van der Waals surface area contributed by atoms with Gasteiger partial charge in [-0.1, -0.05) is 6.07 Å². The number of ether oxygens (including phenoxy) is 3. The summed E-state index contributed by atoms with van der Waals surface area (Å²) in [5.74, 6) is 0.381. The van der Waals surface area contributed by atoms with Crippen molar-refractivity contribution in [1.29, 1.82) is 0 Å². The number of methoxy groups -OCH3 is 3. The maximum Gasteiger partial charge on any atom is 0.340 e. The van der Waals surface area contributed by atoms with Gasteiger partial charge in [0.2, 0.25) is 0 Å². The fraction of sp³-hybridized carbons (Fsp3) is 0.263. The summed E-state index contributed by atoms with van der Waals surface area (Å²) < 4.78 is 15.4. The van der Waals surface area contributed by atoms with E-state index in [2.05, 4.69) is 16.7 Å². The van der Waals surface area contributed by atoms with Crippen molar-refractivity contribution in [3.8, 4) is 11.5 Å². The maximum atomic E-state index is 12.1. The molecule has 0 spiro atoms. The summed E-state index contributed by atoms with van der Waals surface area (Å²) in [5.41, 5.74) is 3.85. The zero-order valence-corrected chi connectivity index (χ0v) is 16.2. The largest absolute Gasteiger partial charge is 0.493 e. The lowest BCUT2D eigenvalue weighted by atomic mass is 10.1. The van der Waals surface area contributed by atoms with Crippen molar-refractivity contribution in [3.05, 3.63) is 47.0 Å². The van der Waals surface area contributed by atoms with E-state index >= 15 is 0 Å². The van der Waals surface area contributed by atoms with Crippen molar-refractivity contribution in [1.82, 2.24) is 0 Å². The molecular formula is C19H22N2O4S. The molecule has 0 radical (unpaired) electrons. The van der Waals surface area contributed by atoms with E-state index < -0.39 is 5.97 Å². The molecule has 0 fully saturated rings. The van der Waals surface area contributed by atoms with Crippen LogP contribution in [0.2, 0.25) is 0 Å². The van der Waals surface area contributed by atoms with Gasteiger partial charge in [0.1, 0.15) is 0 Å². The summed E-state index contributed by atoms with van der Waals surface area (Å²) in [6.45, 7) is 4.02. The first-order valence-electron chi connectivity index (χ1n) is 7.88. The second kappa shape index (κ2) is 8.53. The molecular weight excluding hydrogens is 352 g/mol. The Labute approximate surface area is 158 Å². The van der Waals surface area contributed by atoms with E-state index in [1.165, 1.54) is 21.3 Å². The number of benzene rings is 2. The van der Waals surface area contributed by atoms with Crippen LogP contribution in [-0.4, -0.2) is 32.4 Å². The summed E-state index contributed by atoms with van der Waals surface area (Å²) in [4.78, 5) is 12.1. The maximum absolute atomic E-state index is 12.1. The average molecular weight is 374 g/mol. The van der Waals surface area contributed by atoms with E-state index in [1.807, 2.05) is 26.0 Å². The van der Waals surface area contributed by atoms with Gasteiger partial charge < -0.3 is 24.8 Å². The number of carbonyl (C=O) groups is 1. The molecule has 138 valence electrons. The van der Waals surface area contributed by atoms with E-state index in [-0.39, 0.29) is 5.56 Å². The second-order valence-electron chi connectivity index (χ2n) is 5.70. The molecule has 0 amide bonds. The number of hydrogen-bond acceptors (Lipinski definition) is 5. The Bertz CT molecular complexity index is 816. The Morgan fingerprint density at radius 2 is 1.46 bits per heavy atom. The minimum atomic E-state index is -0.511. The highest BCUT2D eigenvalue weighted by atomic mass is 32.1. The fourth-order valence-electron chi connectivity index (χ4n) is 2.59. The molecule has 0 bridgehead atoms. The van der Waals surface area contributed by atoms with E-state index in [0.29, 0.717) is 22.3 Å². The van der Waals surface area contributed by atoms with Gasteiger partial charge in [-0.15, -0.1) is 0 Å². The van der Waals surface area contributed by atoms with Gasteiger partial charge in [0.25, 0.3) is 0 Å². The minimum Gasteiger partial charge on any atom is -0.493 e. The van der Waals surface area contributed by atoms with Crippen LogP contribution in [0.1, 0.15) is 21.5 Å². The smallest absolute Gasteiger partial charge is 0.340 e. The van der Waals surface area contributed by atoms with Crippen molar-refractivity contribution >= 4 is 34.7 Å². The molecule has 0 heterocycles. The number of hydrogen-bond donors (Lipinski definition) is 2. The van der Waals surface area contributed by atoms with Crippen LogP contribution in [0.5, 0.6) is 11.5 Å². The predicted octanol–water partition coefficient (Wildman–Crippen LogP) is 3.92. The highest BCUT2D eigenvalue weighted by Gasteiger charge is 2.18. The van der Waals surface area contributed by atoms with Crippen molar-refractivity contribution in [2.24, 2.45) is 0 Å². The summed E-state index contributed by atoms with van der Waals surface area (Å²) in [6, 6.07) is 9.23. The van der Waals surface area contributed by atoms with Crippen LogP contribution in [0, 0.1) is 13.8 Å². The van der Waals surface area contributed by atoms with Gasteiger partial charge in [0, 0.05) is 17.8 Å². The Hall–Kier alpha value is -2.80. The lowest BCUT2D eigenvalue weighted by Gasteiger charge is -2.16. The predicted molar refractivity (Wildman–Crippen MR) is 107 cm³/mol. The zero-order chi connectivity index (χ0) is 19.3. The van der Waals surface area contributed by atoms with Crippen molar-refractivity contribution in [2.45, 2.75) is 13.8 Å². The number of esters is 1. The first kappa shape index (κ1) is 19.5. The van der Waals surface area contributed by atoms with Crippen LogP contribution < -0.4 is 20.1 Å². The monoisotopic (exact) mass is 374 g/mol. The first-order chi connectivity index (χ1) is 12.4. The van der Waals surface area contributed by atoms with Crippen LogP contribution in [0.15, 0.2) is 30.3 Å². The second-order valence-corrected chi connectivity index (χ2v) is 6.11. The summed E-state index contributed by atoms with van der Waals surface area (Å²) >= 11 is 5.38. The Balaban J connectivity index is 2.31. The Kier molecular flexibility index (Phi) is 6.41. The number of nitrogens with one attached hydrogen (secondary N) is 2. The quantitative estimate of drug-likeness (QED) is 0.607.